The van der Waals surface area contributed by atoms with Gasteiger partial charge in [-0.2, -0.15) is 0 Å². The van der Waals surface area contributed by atoms with Crippen LogP contribution < -0.4 is 19.5 Å². The van der Waals surface area contributed by atoms with E-state index in [0.717, 1.165) is 40.1 Å². The van der Waals surface area contributed by atoms with Crippen LogP contribution in [0, 0.1) is 12.3 Å². The number of nitrogens with zero attached hydrogens (tertiary/aromatic N) is 2. The second-order valence-corrected chi connectivity index (χ2v) is 16.3. The van der Waals surface area contributed by atoms with E-state index in [1.54, 1.807) is 6.07 Å². The number of benzene rings is 6. The molecule has 56 heavy (non-hydrogen) atoms. The maximum Gasteiger partial charge on any atom is 0.198 e. The minimum atomic E-state index is -0.155. The van der Waals surface area contributed by atoms with Crippen molar-refractivity contribution in [1.82, 2.24) is 10.2 Å². The van der Waals surface area contributed by atoms with Gasteiger partial charge in [0.15, 0.2) is 18.3 Å². The molecule has 1 heterocycles. The highest BCUT2D eigenvalue weighted by Crippen LogP contribution is 2.50. The van der Waals surface area contributed by atoms with Crippen molar-refractivity contribution in [2.75, 3.05) is 12.0 Å². The third kappa shape index (κ3) is 7.32. The van der Waals surface area contributed by atoms with E-state index in [2.05, 4.69) is 52.1 Å². The summed E-state index contributed by atoms with van der Waals surface area (Å²) in [5.41, 5.74) is 7.75. The highest BCUT2D eigenvalue weighted by molar-refractivity contribution is 6.29. The SMILES string of the molecule is Cc1ccc(OCNc2ccccc2-c2nnc3c(Oc4ccc(C(C)(C)CC(C)(C)C)cc4)cc(Oc4ccccc4)c4c3c2-c2ccccc2C4=O)cc1. The van der Waals surface area contributed by atoms with Crippen molar-refractivity contribution in [1.29, 1.82) is 0 Å². The number of aromatic nitrogens is 2. The van der Waals surface area contributed by atoms with Crippen molar-refractivity contribution >= 4 is 22.4 Å². The Labute approximate surface area is 328 Å². The van der Waals surface area contributed by atoms with Crippen LogP contribution >= 0.6 is 0 Å². The Morgan fingerprint density at radius 1 is 0.607 bits per heavy atom. The minimum absolute atomic E-state index is 0.0265. The fourth-order valence-corrected chi connectivity index (χ4v) is 7.92. The summed E-state index contributed by atoms with van der Waals surface area (Å²) in [5.74, 6) is 2.65. The quantitative estimate of drug-likeness (QED) is 0.132. The number of fused-ring (bicyclic) bond motifs is 2. The van der Waals surface area contributed by atoms with Gasteiger partial charge in [-0.1, -0.05) is 125 Å². The zero-order valence-corrected chi connectivity index (χ0v) is 32.6. The summed E-state index contributed by atoms with van der Waals surface area (Å²) in [6.45, 7) is 13.6. The Kier molecular flexibility index (Phi) is 9.54. The van der Waals surface area contributed by atoms with Gasteiger partial charge in [0.2, 0.25) is 0 Å². The number of carbonyl (C=O) groups excluding carboxylic acids is 1. The minimum Gasteiger partial charge on any atom is -0.473 e. The Bertz CT molecular complexity index is 2560. The summed E-state index contributed by atoms with van der Waals surface area (Å²) >= 11 is 0. The highest BCUT2D eigenvalue weighted by Gasteiger charge is 2.34. The second kappa shape index (κ2) is 14.6. The summed E-state index contributed by atoms with van der Waals surface area (Å²) in [6.07, 6.45) is 1.03. The van der Waals surface area contributed by atoms with E-state index in [1.807, 2.05) is 122 Å². The molecule has 0 radical (unpaired) electrons. The van der Waals surface area contributed by atoms with Crippen LogP contribution in [-0.4, -0.2) is 22.7 Å². The number of ether oxygens (including phenoxy) is 3. The van der Waals surface area contributed by atoms with E-state index in [9.17, 15) is 4.79 Å². The predicted octanol–water partition coefficient (Wildman–Crippen LogP) is 12.6. The predicted molar refractivity (Wildman–Crippen MR) is 224 cm³/mol. The first-order chi connectivity index (χ1) is 26.9. The van der Waals surface area contributed by atoms with Gasteiger partial charge in [0.05, 0.1) is 5.56 Å². The molecule has 280 valence electrons. The molecular formula is C49H45N3O4. The average Bonchev–Trinajstić information content (AvgIpc) is 3.18. The van der Waals surface area contributed by atoms with Crippen molar-refractivity contribution in [3.05, 3.63) is 156 Å². The van der Waals surface area contributed by atoms with Gasteiger partial charge in [0.1, 0.15) is 34.2 Å². The monoisotopic (exact) mass is 739 g/mol. The summed E-state index contributed by atoms with van der Waals surface area (Å²) in [5, 5.41) is 13.8. The molecule has 0 amide bonds. The Morgan fingerprint density at radius 3 is 1.93 bits per heavy atom. The van der Waals surface area contributed by atoms with Crippen molar-refractivity contribution in [2.45, 2.75) is 53.4 Å². The molecule has 7 nitrogen and oxygen atoms in total. The first-order valence-corrected chi connectivity index (χ1v) is 19.0. The molecule has 1 N–H and O–H groups in total. The number of nitrogens with one attached hydrogen (secondary N) is 1. The van der Waals surface area contributed by atoms with Gasteiger partial charge in [-0.15, -0.1) is 10.2 Å². The van der Waals surface area contributed by atoms with E-state index in [1.165, 1.54) is 5.56 Å². The topological polar surface area (TPSA) is 82.6 Å². The number of rotatable bonds is 11. The van der Waals surface area contributed by atoms with Crippen LogP contribution in [0.25, 0.3) is 33.3 Å². The van der Waals surface area contributed by atoms with Gasteiger partial charge in [0, 0.05) is 33.8 Å². The Morgan fingerprint density at radius 2 is 1.21 bits per heavy atom. The van der Waals surface area contributed by atoms with Gasteiger partial charge in [-0.05, 0) is 77.8 Å². The molecule has 8 rings (SSSR count). The number of carbonyl (C=O) groups is 1. The molecule has 7 heteroatoms. The van der Waals surface area contributed by atoms with Crippen LogP contribution in [-0.2, 0) is 5.41 Å². The van der Waals surface area contributed by atoms with E-state index in [0.29, 0.717) is 50.7 Å². The molecule has 1 aliphatic rings. The third-order valence-corrected chi connectivity index (χ3v) is 10.1. The molecule has 7 aromatic rings. The van der Waals surface area contributed by atoms with Gasteiger partial charge in [-0.3, -0.25) is 4.79 Å². The normalized spacial score (nSPS) is 12.3. The van der Waals surface area contributed by atoms with Crippen LogP contribution in [0.15, 0.2) is 133 Å². The number of hydrogen-bond acceptors (Lipinski definition) is 7. The van der Waals surface area contributed by atoms with Gasteiger partial charge in [-0.25, -0.2) is 0 Å². The molecule has 0 unspecified atom stereocenters. The molecule has 0 fully saturated rings. The molecule has 1 aromatic heterocycles. The molecule has 0 saturated heterocycles. The van der Waals surface area contributed by atoms with Crippen LogP contribution in [0.5, 0.6) is 28.7 Å². The lowest BCUT2D eigenvalue weighted by molar-refractivity contribution is 0.103. The largest absolute Gasteiger partial charge is 0.473 e. The second-order valence-electron chi connectivity index (χ2n) is 16.3. The molecule has 0 atom stereocenters. The molecule has 0 aliphatic heterocycles. The number of aryl methyl sites for hydroxylation is 1. The van der Waals surface area contributed by atoms with E-state index >= 15 is 0 Å². The van der Waals surface area contributed by atoms with Crippen molar-refractivity contribution in [3.8, 4) is 51.1 Å². The smallest absolute Gasteiger partial charge is 0.198 e. The molecular weight excluding hydrogens is 695 g/mol. The summed E-state index contributed by atoms with van der Waals surface area (Å²) in [6, 6.07) is 43.0. The highest BCUT2D eigenvalue weighted by atomic mass is 16.5. The lowest BCUT2D eigenvalue weighted by atomic mass is 9.72. The van der Waals surface area contributed by atoms with Crippen molar-refractivity contribution < 1.29 is 19.0 Å². The maximum atomic E-state index is 14.6. The van der Waals surface area contributed by atoms with Crippen LogP contribution in [0.4, 0.5) is 5.69 Å². The fourth-order valence-electron chi connectivity index (χ4n) is 7.92. The number of ketones is 1. The van der Waals surface area contributed by atoms with Crippen molar-refractivity contribution in [3.63, 3.8) is 0 Å². The van der Waals surface area contributed by atoms with Crippen LogP contribution in [0.1, 0.15) is 68.1 Å². The lowest BCUT2D eigenvalue weighted by Gasteiger charge is -2.33. The Balaban J connectivity index is 1.28. The summed E-state index contributed by atoms with van der Waals surface area (Å²) in [4.78, 5) is 14.6. The molecule has 1 aliphatic carbocycles. The molecule has 0 saturated carbocycles. The molecule has 6 aromatic carbocycles. The first-order valence-electron chi connectivity index (χ1n) is 19.0. The van der Waals surface area contributed by atoms with E-state index in [-0.39, 0.29) is 23.3 Å². The molecule has 0 bridgehead atoms. The first kappa shape index (κ1) is 36.5. The van der Waals surface area contributed by atoms with Gasteiger partial charge >= 0.3 is 0 Å². The number of para-hydroxylation sites is 2. The fraction of sp³-hybridized carbons (Fsp3) is 0.204. The lowest BCUT2D eigenvalue weighted by Crippen LogP contribution is -2.24. The van der Waals surface area contributed by atoms with Crippen LogP contribution in [0.3, 0.4) is 0 Å². The molecule has 0 spiro atoms. The average molecular weight is 740 g/mol. The zero-order chi connectivity index (χ0) is 39.0. The van der Waals surface area contributed by atoms with Gasteiger partial charge < -0.3 is 19.5 Å². The summed E-state index contributed by atoms with van der Waals surface area (Å²) < 4.78 is 19.3. The van der Waals surface area contributed by atoms with E-state index < -0.39 is 0 Å². The van der Waals surface area contributed by atoms with Crippen LogP contribution in [0.2, 0.25) is 0 Å². The van der Waals surface area contributed by atoms with Crippen molar-refractivity contribution in [2.24, 2.45) is 5.41 Å². The number of anilines is 1. The Hall–Kier alpha value is -6.47. The maximum absolute atomic E-state index is 14.6. The van der Waals surface area contributed by atoms with E-state index in [4.69, 9.17) is 24.4 Å². The number of hydrogen-bond donors (Lipinski definition) is 1. The van der Waals surface area contributed by atoms with Gasteiger partial charge in [0.25, 0.3) is 0 Å². The summed E-state index contributed by atoms with van der Waals surface area (Å²) in [7, 11) is 0. The zero-order valence-electron chi connectivity index (χ0n) is 32.6. The standard InChI is InChI=1S/C49H45N3O4/c1-31-20-24-33(25-21-31)54-30-50-39-19-13-12-18-38(39)45-42-36-16-10-11-17-37(36)47(53)43-40(55-34-14-8-7-9-15-34)28-41(46(44(42)43)52-51-45)56-35-26-22-32(23-27-35)49(5,6)29-48(2,3)4/h7-28,50H,29-30H2,1-6H3. The third-order valence-electron chi connectivity index (χ3n) is 10.1.